The van der Waals surface area contributed by atoms with Crippen molar-refractivity contribution in [3.8, 4) is 11.1 Å². The van der Waals surface area contributed by atoms with Crippen molar-refractivity contribution in [2.45, 2.75) is 26.0 Å². The Hall–Kier alpha value is -4.53. The number of carbonyl (C=O) groups is 3. The summed E-state index contributed by atoms with van der Waals surface area (Å²) in [4.78, 5) is 40.1. The highest BCUT2D eigenvalue weighted by Crippen LogP contribution is 2.26. The zero-order valence-corrected chi connectivity index (χ0v) is 19.5. The second-order valence-corrected chi connectivity index (χ2v) is 8.33. The van der Waals surface area contributed by atoms with Gasteiger partial charge in [0, 0.05) is 31.0 Å². The Morgan fingerprint density at radius 3 is 2.36 bits per heavy atom. The van der Waals surface area contributed by atoms with Crippen LogP contribution < -0.4 is 10.6 Å². The van der Waals surface area contributed by atoms with Crippen molar-refractivity contribution in [2.75, 3.05) is 6.54 Å². The summed E-state index contributed by atoms with van der Waals surface area (Å²) in [5, 5.41) is 18.7. The highest BCUT2D eigenvalue weighted by molar-refractivity contribution is 6.04. The summed E-state index contributed by atoms with van der Waals surface area (Å²) in [5.74, 6) is -2.22. The maximum Gasteiger partial charge on any atom is 0.336 e. The first kappa shape index (κ1) is 24.6. The number of nitrogens with one attached hydrogen (secondary N) is 2. The summed E-state index contributed by atoms with van der Waals surface area (Å²) in [5.41, 5.74) is 3.11. The van der Waals surface area contributed by atoms with Crippen molar-refractivity contribution >= 4 is 23.5 Å². The molecular weight excluding hydrogens is 465 g/mol. The van der Waals surface area contributed by atoms with Crippen molar-refractivity contribution in [2.24, 2.45) is 5.16 Å². The summed E-state index contributed by atoms with van der Waals surface area (Å²) < 4.78 is 14.9. The summed E-state index contributed by atoms with van der Waals surface area (Å²) in [6.45, 7) is 1.95. The molecule has 1 atom stereocenters. The molecule has 0 saturated heterocycles. The van der Waals surface area contributed by atoms with Crippen LogP contribution in [-0.4, -0.2) is 41.3 Å². The van der Waals surface area contributed by atoms with E-state index in [0.717, 1.165) is 5.56 Å². The molecule has 1 aliphatic heterocycles. The fraction of sp³-hybridized carbons (Fsp3) is 0.185. The van der Waals surface area contributed by atoms with Crippen LogP contribution in [0.3, 0.4) is 0 Å². The molecule has 0 unspecified atom stereocenters. The maximum absolute atomic E-state index is 14.9. The second kappa shape index (κ2) is 10.8. The first-order valence-electron chi connectivity index (χ1n) is 11.3. The number of carbonyl (C=O) groups excluding carboxylic acids is 2. The highest BCUT2D eigenvalue weighted by Gasteiger charge is 2.23. The Bertz CT molecular complexity index is 1340. The average Bonchev–Trinajstić information content (AvgIpc) is 3.35. The third-order valence-electron chi connectivity index (χ3n) is 5.73. The molecule has 8 nitrogen and oxygen atoms in total. The lowest BCUT2D eigenvalue weighted by molar-refractivity contribution is -0.119. The van der Waals surface area contributed by atoms with Crippen molar-refractivity contribution in [1.29, 1.82) is 0 Å². The van der Waals surface area contributed by atoms with Crippen LogP contribution in [0.1, 0.15) is 45.2 Å². The molecule has 0 fully saturated rings. The van der Waals surface area contributed by atoms with E-state index < -0.39 is 17.7 Å². The number of carboxylic acid groups (broad SMARTS) is 1. The fourth-order valence-corrected chi connectivity index (χ4v) is 3.84. The molecule has 0 aromatic heterocycles. The van der Waals surface area contributed by atoms with E-state index in [1.807, 2.05) is 0 Å². The summed E-state index contributed by atoms with van der Waals surface area (Å²) >= 11 is 0. The van der Waals surface area contributed by atoms with Crippen molar-refractivity contribution in [3.05, 3.63) is 94.8 Å². The number of rotatable bonds is 8. The van der Waals surface area contributed by atoms with Gasteiger partial charge >= 0.3 is 5.97 Å². The van der Waals surface area contributed by atoms with Crippen LogP contribution in [0.4, 0.5) is 4.39 Å². The smallest absolute Gasteiger partial charge is 0.336 e. The van der Waals surface area contributed by atoms with Crippen molar-refractivity contribution < 1.29 is 28.7 Å². The van der Waals surface area contributed by atoms with Gasteiger partial charge in [-0.05, 0) is 29.3 Å². The van der Waals surface area contributed by atoms with Crippen LogP contribution in [-0.2, 0) is 16.2 Å². The quantitative estimate of drug-likeness (QED) is 0.446. The number of hydrogen-bond donors (Lipinski definition) is 3. The Kier molecular flexibility index (Phi) is 7.39. The van der Waals surface area contributed by atoms with Gasteiger partial charge in [0.15, 0.2) is 0 Å². The molecule has 0 spiro atoms. The number of carboxylic acids is 1. The molecule has 3 aromatic carbocycles. The molecule has 3 N–H and O–H groups in total. The minimum atomic E-state index is -1.17. The van der Waals surface area contributed by atoms with Gasteiger partial charge in [0.2, 0.25) is 5.91 Å². The molecule has 1 heterocycles. The first-order chi connectivity index (χ1) is 17.3. The monoisotopic (exact) mass is 489 g/mol. The van der Waals surface area contributed by atoms with E-state index >= 15 is 0 Å². The average molecular weight is 490 g/mol. The zero-order valence-electron chi connectivity index (χ0n) is 19.5. The van der Waals surface area contributed by atoms with Gasteiger partial charge in [0.25, 0.3) is 5.91 Å². The standard InChI is InChI=1S/C27H24FN3O5/c1-16(32)29-15-20-13-25(31-36-20)19-10-11-21(24(28)12-19)18-8-6-17(7-9-18)14-30-26(33)22-4-2-3-5-23(22)27(34)35/h2-12,20H,13-15H2,1H3,(H,29,32)(H,30,33)(H,34,35)/t20-/m1/s1. The lowest BCUT2D eigenvalue weighted by Gasteiger charge is -2.10. The molecule has 1 aliphatic rings. The Morgan fingerprint density at radius 1 is 1.00 bits per heavy atom. The molecule has 2 amide bonds. The second-order valence-electron chi connectivity index (χ2n) is 8.33. The third-order valence-corrected chi connectivity index (χ3v) is 5.73. The van der Waals surface area contributed by atoms with E-state index in [1.54, 1.807) is 48.5 Å². The van der Waals surface area contributed by atoms with Crippen LogP contribution in [0, 0.1) is 5.82 Å². The molecule has 184 valence electrons. The Labute approximate surface area is 206 Å². The van der Waals surface area contributed by atoms with E-state index in [-0.39, 0.29) is 29.7 Å². The number of aromatic carboxylic acids is 1. The number of hydrogen-bond acceptors (Lipinski definition) is 5. The number of benzene rings is 3. The van der Waals surface area contributed by atoms with Gasteiger partial charge in [-0.15, -0.1) is 0 Å². The molecule has 0 bridgehead atoms. The predicted octanol–water partition coefficient (Wildman–Crippen LogP) is 3.75. The van der Waals surface area contributed by atoms with Gasteiger partial charge in [0.1, 0.15) is 11.9 Å². The normalized spacial score (nSPS) is 14.5. The molecule has 0 radical (unpaired) electrons. The van der Waals surface area contributed by atoms with Gasteiger partial charge in [0.05, 0.1) is 23.4 Å². The molecule has 0 saturated carbocycles. The van der Waals surface area contributed by atoms with Gasteiger partial charge < -0.3 is 20.6 Å². The summed E-state index contributed by atoms with van der Waals surface area (Å²) in [6, 6.07) is 17.9. The van der Waals surface area contributed by atoms with Crippen LogP contribution >= 0.6 is 0 Å². The third kappa shape index (κ3) is 5.75. The van der Waals surface area contributed by atoms with Crippen LogP contribution in [0.2, 0.25) is 0 Å². The van der Waals surface area contributed by atoms with E-state index in [4.69, 9.17) is 4.84 Å². The minimum absolute atomic E-state index is 0.0670. The largest absolute Gasteiger partial charge is 0.478 e. The molecule has 4 rings (SSSR count). The topological polar surface area (TPSA) is 117 Å². The van der Waals surface area contributed by atoms with E-state index in [9.17, 15) is 23.9 Å². The number of nitrogens with zero attached hydrogens (tertiary/aromatic N) is 1. The number of halogens is 1. The van der Waals surface area contributed by atoms with Crippen molar-refractivity contribution in [3.63, 3.8) is 0 Å². The lowest BCUT2D eigenvalue weighted by atomic mass is 9.98. The van der Waals surface area contributed by atoms with Gasteiger partial charge in [-0.3, -0.25) is 9.59 Å². The fourth-order valence-electron chi connectivity index (χ4n) is 3.84. The maximum atomic E-state index is 14.9. The Morgan fingerprint density at radius 2 is 1.69 bits per heavy atom. The van der Waals surface area contributed by atoms with Crippen LogP contribution in [0.25, 0.3) is 11.1 Å². The zero-order chi connectivity index (χ0) is 25.7. The first-order valence-corrected chi connectivity index (χ1v) is 11.3. The van der Waals surface area contributed by atoms with E-state index in [1.165, 1.54) is 25.1 Å². The molecule has 9 heteroatoms. The summed E-state index contributed by atoms with van der Waals surface area (Å²) in [6.07, 6.45) is 0.188. The highest BCUT2D eigenvalue weighted by atomic mass is 19.1. The Balaban J connectivity index is 1.38. The van der Waals surface area contributed by atoms with Crippen LogP contribution in [0.5, 0.6) is 0 Å². The van der Waals surface area contributed by atoms with E-state index in [0.29, 0.717) is 35.4 Å². The number of amides is 2. The van der Waals surface area contributed by atoms with Crippen molar-refractivity contribution in [1.82, 2.24) is 10.6 Å². The SMILES string of the molecule is CC(=O)NC[C@H]1CC(c2ccc(-c3ccc(CNC(=O)c4ccccc4C(=O)O)cc3)c(F)c2)=NO1. The van der Waals surface area contributed by atoms with E-state index in [2.05, 4.69) is 15.8 Å². The molecular formula is C27H24FN3O5. The molecule has 36 heavy (non-hydrogen) atoms. The van der Waals surface area contributed by atoms with Gasteiger partial charge in [-0.25, -0.2) is 9.18 Å². The molecule has 0 aliphatic carbocycles. The molecule has 3 aromatic rings. The van der Waals surface area contributed by atoms with Crippen LogP contribution in [0.15, 0.2) is 71.9 Å². The lowest BCUT2D eigenvalue weighted by Crippen LogP contribution is -2.30. The predicted molar refractivity (Wildman–Crippen MR) is 131 cm³/mol. The number of oxime groups is 1. The minimum Gasteiger partial charge on any atom is -0.478 e. The summed E-state index contributed by atoms with van der Waals surface area (Å²) in [7, 11) is 0. The van der Waals surface area contributed by atoms with Gasteiger partial charge in [-0.1, -0.05) is 53.7 Å². The van der Waals surface area contributed by atoms with Gasteiger partial charge in [-0.2, -0.15) is 0 Å².